The minimum atomic E-state index is 0.0719. The first-order chi connectivity index (χ1) is 8.28. The molecule has 2 rings (SSSR count). The van der Waals surface area contributed by atoms with Gasteiger partial charge in [-0.25, -0.2) is 9.97 Å². The molecule has 90 valence electrons. The van der Waals surface area contributed by atoms with E-state index < -0.39 is 0 Å². The second kappa shape index (κ2) is 5.31. The Hall–Kier alpha value is -2.08. The molecule has 17 heavy (non-hydrogen) atoms. The number of nitrogens with one attached hydrogen (secondary N) is 3. The number of H-pyrrole nitrogens is 1. The number of aliphatic hydroxyl groups is 1. The third-order valence-corrected chi connectivity index (χ3v) is 2.12. The summed E-state index contributed by atoms with van der Waals surface area (Å²) in [5, 5.41) is 14.9. The third kappa shape index (κ3) is 3.18. The van der Waals surface area contributed by atoms with Gasteiger partial charge in [0.15, 0.2) is 0 Å². The summed E-state index contributed by atoms with van der Waals surface area (Å²) in [6, 6.07) is 5.61. The fourth-order valence-electron chi connectivity index (χ4n) is 1.45. The van der Waals surface area contributed by atoms with Gasteiger partial charge < -0.3 is 20.7 Å². The van der Waals surface area contributed by atoms with E-state index in [2.05, 4.69) is 25.6 Å². The molecule has 6 nitrogen and oxygen atoms in total. The van der Waals surface area contributed by atoms with Crippen LogP contribution in [0.3, 0.4) is 0 Å². The lowest BCUT2D eigenvalue weighted by atomic mass is 10.4. The van der Waals surface area contributed by atoms with E-state index in [4.69, 9.17) is 5.11 Å². The Labute approximate surface area is 99.1 Å². The van der Waals surface area contributed by atoms with Gasteiger partial charge in [0.1, 0.15) is 23.3 Å². The first-order valence-corrected chi connectivity index (χ1v) is 5.39. The number of anilines is 3. The quantitative estimate of drug-likeness (QED) is 0.624. The Kier molecular flexibility index (Phi) is 3.56. The number of hydrogen-bond acceptors (Lipinski definition) is 5. The van der Waals surface area contributed by atoms with Crippen molar-refractivity contribution in [1.82, 2.24) is 15.0 Å². The summed E-state index contributed by atoms with van der Waals surface area (Å²) in [5.74, 6) is 2.94. The molecule has 0 aliphatic heterocycles. The SMILES string of the molecule is Cc1nc(NCCO)cc(Nc2ccc[nH]2)n1. The zero-order valence-electron chi connectivity index (χ0n) is 9.57. The molecular weight excluding hydrogens is 218 g/mol. The van der Waals surface area contributed by atoms with Crippen LogP contribution in [0.4, 0.5) is 17.5 Å². The van der Waals surface area contributed by atoms with Crippen molar-refractivity contribution in [1.29, 1.82) is 0 Å². The van der Waals surface area contributed by atoms with Crippen LogP contribution in [0.15, 0.2) is 24.4 Å². The molecule has 0 spiro atoms. The van der Waals surface area contributed by atoms with Crippen LogP contribution < -0.4 is 10.6 Å². The summed E-state index contributed by atoms with van der Waals surface area (Å²) in [6.07, 6.45) is 1.83. The fraction of sp³-hybridized carbons (Fsp3) is 0.273. The molecule has 0 saturated carbocycles. The van der Waals surface area contributed by atoms with Gasteiger partial charge in [0.05, 0.1) is 6.61 Å². The summed E-state index contributed by atoms with van der Waals surface area (Å²) in [5.41, 5.74) is 0. The van der Waals surface area contributed by atoms with Crippen LogP contribution in [0.1, 0.15) is 5.82 Å². The maximum Gasteiger partial charge on any atom is 0.137 e. The van der Waals surface area contributed by atoms with E-state index in [0.29, 0.717) is 24.0 Å². The van der Waals surface area contributed by atoms with Crippen molar-refractivity contribution in [3.8, 4) is 0 Å². The van der Waals surface area contributed by atoms with Crippen LogP contribution in [0.25, 0.3) is 0 Å². The molecule has 6 heteroatoms. The fourth-order valence-corrected chi connectivity index (χ4v) is 1.45. The van der Waals surface area contributed by atoms with E-state index in [0.717, 1.165) is 5.82 Å². The van der Waals surface area contributed by atoms with Crippen molar-refractivity contribution >= 4 is 17.5 Å². The minimum Gasteiger partial charge on any atom is -0.395 e. The van der Waals surface area contributed by atoms with Gasteiger partial charge in [0.2, 0.25) is 0 Å². The van der Waals surface area contributed by atoms with Gasteiger partial charge in [0, 0.05) is 18.8 Å². The molecule has 2 aromatic rings. The lowest BCUT2D eigenvalue weighted by Gasteiger charge is -2.08. The van der Waals surface area contributed by atoms with Gasteiger partial charge in [-0.05, 0) is 19.1 Å². The van der Waals surface area contributed by atoms with Crippen LogP contribution in [0, 0.1) is 6.92 Å². The summed E-state index contributed by atoms with van der Waals surface area (Å²) >= 11 is 0. The molecule has 0 aliphatic carbocycles. The molecule has 0 unspecified atom stereocenters. The Balaban J connectivity index is 2.13. The van der Waals surface area contributed by atoms with Crippen molar-refractivity contribution in [2.24, 2.45) is 0 Å². The number of aliphatic hydroxyl groups excluding tert-OH is 1. The van der Waals surface area contributed by atoms with Crippen LogP contribution in [0.2, 0.25) is 0 Å². The smallest absolute Gasteiger partial charge is 0.137 e. The highest BCUT2D eigenvalue weighted by molar-refractivity contribution is 5.56. The number of rotatable bonds is 5. The lowest BCUT2D eigenvalue weighted by Crippen LogP contribution is -2.08. The maximum absolute atomic E-state index is 8.75. The van der Waals surface area contributed by atoms with E-state index in [1.807, 2.05) is 25.3 Å². The second-order valence-corrected chi connectivity index (χ2v) is 3.54. The van der Waals surface area contributed by atoms with Gasteiger partial charge >= 0.3 is 0 Å². The largest absolute Gasteiger partial charge is 0.395 e. The monoisotopic (exact) mass is 233 g/mol. The number of aromatic amines is 1. The van der Waals surface area contributed by atoms with Gasteiger partial charge in [-0.15, -0.1) is 0 Å². The van der Waals surface area contributed by atoms with Gasteiger partial charge in [-0.2, -0.15) is 0 Å². The van der Waals surface area contributed by atoms with E-state index in [1.165, 1.54) is 0 Å². The molecule has 0 saturated heterocycles. The molecular formula is C11H15N5O. The molecule has 0 aliphatic rings. The van der Waals surface area contributed by atoms with E-state index >= 15 is 0 Å². The highest BCUT2D eigenvalue weighted by Crippen LogP contribution is 2.15. The molecule has 0 fully saturated rings. The maximum atomic E-state index is 8.75. The summed E-state index contributed by atoms with van der Waals surface area (Å²) < 4.78 is 0. The standard InChI is InChI=1S/C11H15N5O/c1-8-14-10(13-5-6-17)7-11(15-8)16-9-3-2-4-12-9/h2-4,7,12,17H,5-6H2,1H3,(H2,13,14,15,16). The molecule has 0 radical (unpaired) electrons. The van der Waals surface area contributed by atoms with Crippen LogP contribution >= 0.6 is 0 Å². The molecule has 2 heterocycles. The number of aryl methyl sites for hydroxylation is 1. The third-order valence-electron chi connectivity index (χ3n) is 2.12. The molecule has 0 bridgehead atoms. The van der Waals surface area contributed by atoms with Crippen molar-refractivity contribution < 1.29 is 5.11 Å². The van der Waals surface area contributed by atoms with E-state index in [1.54, 1.807) is 6.07 Å². The second-order valence-electron chi connectivity index (χ2n) is 3.54. The molecule has 2 aromatic heterocycles. The normalized spacial score (nSPS) is 10.2. The zero-order valence-corrected chi connectivity index (χ0v) is 9.57. The average Bonchev–Trinajstić information content (AvgIpc) is 2.78. The average molecular weight is 233 g/mol. The first-order valence-electron chi connectivity index (χ1n) is 5.39. The minimum absolute atomic E-state index is 0.0719. The number of hydrogen-bond donors (Lipinski definition) is 4. The van der Waals surface area contributed by atoms with Crippen LogP contribution in [-0.2, 0) is 0 Å². The van der Waals surface area contributed by atoms with Crippen LogP contribution in [0.5, 0.6) is 0 Å². The molecule has 4 N–H and O–H groups in total. The van der Waals surface area contributed by atoms with Gasteiger partial charge in [0.25, 0.3) is 0 Å². The highest BCUT2D eigenvalue weighted by Gasteiger charge is 2.02. The van der Waals surface area contributed by atoms with E-state index in [-0.39, 0.29) is 6.61 Å². The Morgan fingerprint density at radius 3 is 2.88 bits per heavy atom. The van der Waals surface area contributed by atoms with Crippen molar-refractivity contribution in [3.05, 3.63) is 30.2 Å². The number of nitrogens with zero attached hydrogens (tertiary/aromatic N) is 2. The Bertz CT molecular complexity index is 469. The Morgan fingerprint density at radius 1 is 1.35 bits per heavy atom. The molecule has 0 atom stereocenters. The zero-order chi connectivity index (χ0) is 12.1. The summed E-state index contributed by atoms with van der Waals surface area (Å²) in [4.78, 5) is 11.5. The predicted octanol–water partition coefficient (Wildman–Crippen LogP) is 1.26. The van der Waals surface area contributed by atoms with Crippen LogP contribution in [-0.4, -0.2) is 33.2 Å². The molecule has 0 aromatic carbocycles. The molecule has 0 amide bonds. The van der Waals surface area contributed by atoms with Gasteiger partial charge in [-0.1, -0.05) is 0 Å². The Morgan fingerprint density at radius 2 is 2.18 bits per heavy atom. The van der Waals surface area contributed by atoms with Crippen molar-refractivity contribution in [2.75, 3.05) is 23.8 Å². The summed E-state index contributed by atoms with van der Waals surface area (Å²) in [7, 11) is 0. The number of aromatic nitrogens is 3. The van der Waals surface area contributed by atoms with Gasteiger partial charge in [-0.3, -0.25) is 0 Å². The van der Waals surface area contributed by atoms with Crippen molar-refractivity contribution in [2.45, 2.75) is 6.92 Å². The van der Waals surface area contributed by atoms with Crippen molar-refractivity contribution in [3.63, 3.8) is 0 Å². The summed E-state index contributed by atoms with van der Waals surface area (Å²) in [6.45, 7) is 2.37. The topological polar surface area (TPSA) is 85.9 Å². The highest BCUT2D eigenvalue weighted by atomic mass is 16.3. The lowest BCUT2D eigenvalue weighted by molar-refractivity contribution is 0.311. The first kappa shape index (κ1) is 11.4. The van der Waals surface area contributed by atoms with E-state index in [9.17, 15) is 0 Å². The predicted molar refractivity (Wildman–Crippen MR) is 66.4 cm³/mol.